The minimum Gasteiger partial charge on any atom is -0.494 e. The predicted octanol–water partition coefficient (Wildman–Crippen LogP) is 3.60. The molecule has 1 aliphatic heterocycles. The summed E-state index contributed by atoms with van der Waals surface area (Å²) in [7, 11) is 0. The first kappa shape index (κ1) is 20.3. The molecule has 3 aromatic rings. The average Bonchev–Trinajstić information content (AvgIpc) is 2.80. The molecular weight excluding hydrogens is 370 g/mol. The molecule has 1 heterocycles. The fourth-order valence-electron chi connectivity index (χ4n) is 4.08. The van der Waals surface area contributed by atoms with E-state index in [-0.39, 0.29) is 0 Å². The third kappa shape index (κ3) is 5.33. The van der Waals surface area contributed by atoms with Crippen molar-refractivity contribution < 1.29 is 9.64 Å². The van der Waals surface area contributed by atoms with Gasteiger partial charge in [0, 0.05) is 29.0 Å². The number of hydrogen-bond acceptors (Lipinski definition) is 3. The van der Waals surface area contributed by atoms with Crippen LogP contribution < -0.4 is 19.9 Å². The van der Waals surface area contributed by atoms with Crippen LogP contribution in [0.2, 0.25) is 0 Å². The molecule has 0 atom stereocenters. The Bertz CT molecular complexity index is 903. The summed E-state index contributed by atoms with van der Waals surface area (Å²) in [5.41, 5.74) is 5.07. The molecule has 0 aromatic heterocycles. The van der Waals surface area contributed by atoms with Crippen molar-refractivity contribution >= 4 is 11.4 Å². The van der Waals surface area contributed by atoms with Gasteiger partial charge >= 0.3 is 0 Å². The van der Waals surface area contributed by atoms with E-state index in [0.29, 0.717) is 6.61 Å². The number of quaternary nitrogens is 1. The zero-order valence-electron chi connectivity index (χ0n) is 17.8. The fraction of sp³-hybridized carbons (Fsp3) is 0.308. The summed E-state index contributed by atoms with van der Waals surface area (Å²) in [6.45, 7) is 9.18. The van der Waals surface area contributed by atoms with E-state index < -0.39 is 0 Å². The van der Waals surface area contributed by atoms with E-state index in [1.165, 1.54) is 29.9 Å². The van der Waals surface area contributed by atoms with Crippen LogP contribution >= 0.6 is 0 Å². The zero-order valence-corrected chi connectivity index (χ0v) is 17.8. The second-order valence-corrected chi connectivity index (χ2v) is 7.84. The maximum Gasteiger partial charge on any atom is 0.124 e. The Morgan fingerprint density at radius 3 is 2.30 bits per heavy atom. The molecule has 1 aliphatic rings. The maximum absolute atomic E-state index is 5.72. The number of para-hydroxylation sites is 1. The minimum absolute atomic E-state index is 0.687. The number of nitrogens with one attached hydrogen (secondary N) is 2. The monoisotopic (exact) mass is 402 g/mol. The van der Waals surface area contributed by atoms with Crippen molar-refractivity contribution in [2.75, 3.05) is 43.0 Å². The molecule has 0 radical (unpaired) electrons. The Balaban J connectivity index is 1.28. The highest BCUT2D eigenvalue weighted by Crippen LogP contribution is 2.21. The van der Waals surface area contributed by atoms with Gasteiger partial charge < -0.3 is 19.9 Å². The van der Waals surface area contributed by atoms with Crippen LogP contribution in [0, 0.1) is 0 Å². The van der Waals surface area contributed by atoms with Crippen LogP contribution in [-0.2, 0) is 13.1 Å². The van der Waals surface area contributed by atoms with E-state index in [1.54, 1.807) is 4.90 Å². The number of hydrogen-bond donors (Lipinski definition) is 2. The largest absolute Gasteiger partial charge is 0.494 e. The molecule has 4 heteroatoms. The van der Waals surface area contributed by atoms with E-state index >= 15 is 0 Å². The number of piperazine rings is 1. The lowest BCUT2D eigenvalue weighted by Crippen LogP contribution is -3.13. The van der Waals surface area contributed by atoms with Gasteiger partial charge in [-0.05, 0) is 37.3 Å². The fourth-order valence-corrected chi connectivity index (χ4v) is 4.08. The summed E-state index contributed by atoms with van der Waals surface area (Å²) in [4.78, 5) is 4.17. The van der Waals surface area contributed by atoms with Gasteiger partial charge in [-0.1, -0.05) is 48.5 Å². The molecule has 3 aromatic carbocycles. The van der Waals surface area contributed by atoms with Gasteiger partial charge in [-0.15, -0.1) is 0 Å². The molecule has 0 aliphatic carbocycles. The number of rotatable bonds is 8. The van der Waals surface area contributed by atoms with Crippen LogP contribution in [0.3, 0.4) is 0 Å². The van der Waals surface area contributed by atoms with Crippen molar-refractivity contribution in [3.05, 3.63) is 90.0 Å². The number of nitrogens with zero attached hydrogens (tertiary/aromatic N) is 1. The van der Waals surface area contributed by atoms with Crippen LogP contribution in [0.25, 0.3) is 0 Å². The minimum atomic E-state index is 0.687. The van der Waals surface area contributed by atoms with Crippen LogP contribution in [0.4, 0.5) is 11.4 Å². The van der Waals surface area contributed by atoms with E-state index in [4.69, 9.17) is 4.74 Å². The quantitative estimate of drug-likeness (QED) is 0.603. The number of benzene rings is 3. The maximum atomic E-state index is 5.72. The van der Waals surface area contributed by atoms with Crippen molar-refractivity contribution in [3.63, 3.8) is 0 Å². The van der Waals surface area contributed by atoms with Gasteiger partial charge in [0.15, 0.2) is 0 Å². The lowest BCUT2D eigenvalue weighted by atomic mass is 10.1. The summed E-state index contributed by atoms with van der Waals surface area (Å²) in [5, 5.41) is 3.52. The summed E-state index contributed by atoms with van der Waals surface area (Å²) in [6.07, 6.45) is 0. The van der Waals surface area contributed by atoms with Gasteiger partial charge in [0.25, 0.3) is 0 Å². The Morgan fingerprint density at radius 1 is 0.867 bits per heavy atom. The van der Waals surface area contributed by atoms with Crippen molar-refractivity contribution in [2.45, 2.75) is 20.0 Å². The standard InChI is InChI=1S/C26H31N3O/c1-2-30-26-11-7-6-10-23(26)20-27-24-12-14-25(15-13-24)29-18-16-28(17-19-29)21-22-8-4-3-5-9-22/h3-15,27H,2,16-21H2,1H3/p+1. The lowest BCUT2D eigenvalue weighted by Gasteiger charge is -2.33. The normalized spacial score (nSPS) is 14.5. The smallest absolute Gasteiger partial charge is 0.124 e. The molecule has 0 amide bonds. The lowest BCUT2D eigenvalue weighted by molar-refractivity contribution is -0.914. The van der Waals surface area contributed by atoms with E-state index in [0.717, 1.165) is 37.6 Å². The number of anilines is 2. The van der Waals surface area contributed by atoms with Crippen molar-refractivity contribution in [2.24, 2.45) is 0 Å². The second-order valence-electron chi connectivity index (χ2n) is 7.84. The third-order valence-corrected chi connectivity index (χ3v) is 5.76. The van der Waals surface area contributed by atoms with Crippen LogP contribution in [0.1, 0.15) is 18.1 Å². The van der Waals surface area contributed by atoms with Crippen LogP contribution in [-0.4, -0.2) is 32.8 Å². The Hall–Kier alpha value is -2.98. The first-order chi connectivity index (χ1) is 14.8. The second kappa shape index (κ2) is 10.2. The SMILES string of the molecule is CCOc1ccccc1CNc1ccc(N2CC[NH+](Cc3ccccc3)CC2)cc1. The molecule has 0 bridgehead atoms. The molecule has 0 unspecified atom stereocenters. The van der Waals surface area contributed by atoms with Gasteiger partial charge in [-0.25, -0.2) is 0 Å². The highest BCUT2D eigenvalue weighted by Gasteiger charge is 2.20. The molecule has 2 N–H and O–H groups in total. The highest BCUT2D eigenvalue weighted by molar-refractivity contribution is 5.55. The summed E-state index contributed by atoms with van der Waals surface area (Å²) in [5.74, 6) is 0.958. The van der Waals surface area contributed by atoms with Gasteiger partial charge in [-0.3, -0.25) is 0 Å². The van der Waals surface area contributed by atoms with E-state index in [1.807, 2.05) is 19.1 Å². The topological polar surface area (TPSA) is 28.9 Å². The van der Waals surface area contributed by atoms with Crippen molar-refractivity contribution in [1.82, 2.24) is 0 Å². The first-order valence-electron chi connectivity index (χ1n) is 11.0. The molecule has 0 saturated carbocycles. The van der Waals surface area contributed by atoms with Crippen LogP contribution in [0.5, 0.6) is 5.75 Å². The van der Waals surface area contributed by atoms with Gasteiger partial charge in [0.05, 0.1) is 32.8 Å². The van der Waals surface area contributed by atoms with Gasteiger partial charge in [-0.2, -0.15) is 0 Å². The van der Waals surface area contributed by atoms with Crippen molar-refractivity contribution in [3.8, 4) is 5.75 Å². The van der Waals surface area contributed by atoms with Crippen LogP contribution in [0.15, 0.2) is 78.9 Å². The molecule has 1 saturated heterocycles. The Kier molecular flexibility index (Phi) is 6.88. The third-order valence-electron chi connectivity index (χ3n) is 5.76. The predicted molar refractivity (Wildman–Crippen MR) is 124 cm³/mol. The summed E-state index contributed by atoms with van der Waals surface area (Å²) < 4.78 is 5.72. The van der Waals surface area contributed by atoms with Gasteiger partial charge in [0.1, 0.15) is 12.3 Å². The molecule has 1 fully saturated rings. The molecule has 4 rings (SSSR count). The molecule has 4 nitrogen and oxygen atoms in total. The summed E-state index contributed by atoms with van der Waals surface area (Å²) in [6, 6.07) is 27.9. The number of ether oxygens (including phenoxy) is 1. The Labute approximate surface area is 180 Å². The van der Waals surface area contributed by atoms with E-state index in [9.17, 15) is 0 Å². The first-order valence-corrected chi connectivity index (χ1v) is 11.0. The average molecular weight is 403 g/mol. The van der Waals surface area contributed by atoms with Gasteiger partial charge in [0.2, 0.25) is 0 Å². The summed E-state index contributed by atoms with van der Waals surface area (Å²) >= 11 is 0. The molecular formula is C26H32N3O+. The highest BCUT2D eigenvalue weighted by atomic mass is 16.5. The zero-order chi connectivity index (χ0) is 20.6. The molecule has 156 valence electrons. The van der Waals surface area contributed by atoms with Crippen molar-refractivity contribution in [1.29, 1.82) is 0 Å². The molecule has 0 spiro atoms. The van der Waals surface area contributed by atoms with E-state index in [2.05, 4.69) is 76.9 Å². The Morgan fingerprint density at radius 2 is 1.57 bits per heavy atom. The molecule has 30 heavy (non-hydrogen) atoms.